The van der Waals surface area contributed by atoms with Gasteiger partial charge < -0.3 is 9.73 Å². The number of amides is 1. The van der Waals surface area contributed by atoms with E-state index in [9.17, 15) is 4.79 Å². The molecule has 7 nitrogen and oxygen atoms in total. The number of aromatic nitrogens is 4. The molecule has 5 aromatic rings. The molecule has 5 rings (SSSR count). The minimum Gasteiger partial charge on any atom is -0.462 e. The predicted molar refractivity (Wildman–Crippen MR) is 119 cm³/mol. The number of nitrogens with zero attached hydrogens (tertiary/aromatic N) is 4. The van der Waals surface area contributed by atoms with Crippen LogP contribution in [0.5, 0.6) is 0 Å². The Morgan fingerprint density at radius 1 is 1.03 bits per heavy atom. The number of hydrogen-bond acceptors (Lipinski definition) is 6. The number of hydrogen-bond donors (Lipinski definition) is 1. The summed E-state index contributed by atoms with van der Waals surface area (Å²) in [5.41, 5.74) is 2.37. The van der Waals surface area contributed by atoms with Crippen molar-refractivity contribution in [3.05, 3.63) is 96.0 Å². The Hall–Kier alpha value is -4.04. The van der Waals surface area contributed by atoms with Gasteiger partial charge in [-0.25, -0.2) is 4.98 Å². The molecule has 0 fully saturated rings. The Balaban J connectivity index is 1.41. The van der Waals surface area contributed by atoms with Crippen LogP contribution in [0.3, 0.4) is 0 Å². The largest absolute Gasteiger partial charge is 0.462 e. The molecule has 8 heteroatoms. The molecule has 0 unspecified atom stereocenters. The Morgan fingerprint density at radius 2 is 1.90 bits per heavy atom. The van der Waals surface area contributed by atoms with E-state index in [1.807, 2.05) is 60.8 Å². The van der Waals surface area contributed by atoms with E-state index in [2.05, 4.69) is 20.4 Å². The first-order chi connectivity index (χ1) is 15.3. The Bertz CT molecular complexity index is 1290. The van der Waals surface area contributed by atoms with E-state index in [-0.39, 0.29) is 5.91 Å². The third kappa shape index (κ3) is 4.15. The van der Waals surface area contributed by atoms with Gasteiger partial charge in [-0.05, 0) is 24.3 Å². The van der Waals surface area contributed by atoms with Crippen LogP contribution < -0.4 is 5.32 Å². The fraction of sp³-hybridized carbons (Fsp3) is 0.0435. The molecule has 0 aliphatic carbocycles. The van der Waals surface area contributed by atoms with Gasteiger partial charge in [0.15, 0.2) is 16.6 Å². The van der Waals surface area contributed by atoms with Crippen molar-refractivity contribution < 1.29 is 9.21 Å². The third-order valence-electron chi connectivity index (χ3n) is 4.54. The summed E-state index contributed by atoms with van der Waals surface area (Å²) in [7, 11) is 0. The summed E-state index contributed by atoms with van der Waals surface area (Å²) in [5.74, 6) is 0.825. The molecule has 0 spiro atoms. The molecule has 4 aromatic heterocycles. The molecular formula is C23H17N5O2S. The van der Waals surface area contributed by atoms with Crippen molar-refractivity contribution in [2.45, 2.75) is 6.54 Å². The first kappa shape index (κ1) is 19.0. The van der Waals surface area contributed by atoms with Gasteiger partial charge in [-0.15, -0.1) is 11.3 Å². The molecule has 1 amide bonds. The van der Waals surface area contributed by atoms with Gasteiger partial charge in [-0.3, -0.25) is 14.5 Å². The van der Waals surface area contributed by atoms with E-state index >= 15 is 0 Å². The zero-order chi connectivity index (χ0) is 21.0. The number of thiazole rings is 1. The second-order valence-corrected chi connectivity index (χ2v) is 7.71. The minimum absolute atomic E-state index is 0.266. The topological polar surface area (TPSA) is 85.8 Å². The van der Waals surface area contributed by atoms with Gasteiger partial charge in [0, 0.05) is 24.0 Å². The van der Waals surface area contributed by atoms with E-state index in [0.717, 1.165) is 11.3 Å². The lowest BCUT2D eigenvalue weighted by atomic mass is 10.1. The summed E-state index contributed by atoms with van der Waals surface area (Å²) in [5, 5.41) is 7.97. The maximum Gasteiger partial charge on any atom is 0.269 e. The van der Waals surface area contributed by atoms with Crippen LogP contribution in [0.15, 0.2) is 89.8 Å². The molecule has 0 saturated heterocycles. The van der Waals surface area contributed by atoms with E-state index in [4.69, 9.17) is 4.42 Å². The summed E-state index contributed by atoms with van der Waals surface area (Å²) in [6.45, 7) is 0.523. The highest BCUT2D eigenvalue weighted by Crippen LogP contribution is 2.34. The maximum absolute atomic E-state index is 13.1. The summed E-state index contributed by atoms with van der Waals surface area (Å²) >= 11 is 1.29. The number of rotatable bonds is 6. The molecule has 152 valence electrons. The lowest BCUT2D eigenvalue weighted by Crippen LogP contribution is -2.12. The number of anilines is 1. The van der Waals surface area contributed by atoms with Crippen LogP contribution in [0.1, 0.15) is 15.4 Å². The normalized spacial score (nSPS) is 10.8. The van der Waals surface area contributed by atoms with Gasteiger partial charge in [0.2, 0.25) is 0 Å². The highest BCUT2D eigenvalue weighted by atomic mass is 32.1. The fourth-order valence-electron chi connectivity index (χ4n) is 3.12. The lowest BCUT2D eigenvalue weighted by molar-refractivity contribution is 0.103. The summed E-state index contributed by atoms with van der Waals surface area (Å²) in [6, 6.07) is 20.7. The van der Waals surface area contributed by atoms with Gasteiger partial charge in [0.05, 0.1) is 24.2 Å². The number of carbonyl (C=O) groups is 1. The van der Waals surface area contributed by atoms with Gasteiger partial charge in [-0.2, -0.15) is 5.10 Å². The number of furan rings is 1. The first-order valence-electron chi connectivity index (χ1n) is 9.61. The summed E-state index contributed by atoms with van der Waals surface area (Å²) in [4.78, 5) is 22.6. The van der Waals surface area contributed by atoms with Crippen LogP contribution in [0.4, 0.5) is 5.82 Å². The molecule has 0 aliphatic heterocycles. The van der Waals surface area contributed by atoms with Crippen molar-refractivity contribution in [1.29, 1.82) is 0 Å². The van der Waals surface area contributed by atoms with Crippen LogP contribution >= 0.6 is 11.3 Å². The SMILES string of the molecule is O=C(Nc1ccn(Cc2ccccn2)n1)c1sc(-c2ccco2)nc1-c1ccccc1. The molecule has 0 bridgehead atoms. The smallest absolute Gasteiger partial charge is 0.269 e. The zero-order valence-corrected chi connectivity index (χ0v) is 17.1. The Kier molecular flexibility index (Phi) is 5.12. The Labute approximate surface area is 182 Å². The highest BCUT2D eigenvalue weighted by molar-refractivity contribution is 7.17. The monoisotopic (exact) mass is 427 g/mol. The van der Waals surface area contributed by atoms with E-state index in [1.165, 1.54) is 11.3 Å². The number of carbonyl (C=O) groups excluding carboxylic acids is 1. The molecule has 0 aliphatic rings. The molecule has 0 radical (unpaired) electrons. The van der Waals surface area contributed by atoms with E-state index in [1.54, 1.807) is 29.3 Å². The van der Waals surface area contributed by atoms with E-state index in [0.29, 0.717) is 33.7 Å². The van der Waals surface area contributed by atoms with Crippen molar-refractivity contribution >= 4 is 23.1 Å². The van der Waals surface area contributed by atoms with Gasteiger partial charge in [0.25, 0.3) is 5.91 Å². The first-order valence-corrected chi connectivity index (χ1v) is 10.4. The van der Waals surface area contributed by atoms with Gasteiger partial charge >= 0.3 is 0 Å². The quantitative estimate of drug-likeness (QED) is 0.414. The fourth-order valence-corrected chi connectivity index (χ4v) is 4.07. The predicted octanol–water partition coefficient (Wildman–Crippen LogP) is 4.96. The van der Waals surface area contributed by atoms with Crippen LogP contribution in [-0.2, 0) is 6.54 Å². The maximum atomic E-state index is 13.1. The van der Waals surface area contributed by atoms with Gasteiger partial charge in [0.1, 0.15) is 4.88 Å². The van der Waals surface area contributed by atoms with Crippen molar-refractivity contribution in [3.63, 3.8) is 0 Å². The Morgan fingerprint density at radius 3 is 2.68 bits per heavy atom. The highest BCUT2D eigenvalue weighted by Gasteiger charge is 2.22. The van der Waals surface area contributed by atoms with Crippen LogP contribution in [0, 0.1) is 0 Å². The third-order valence-corrected chi connectivity index (χ3v) is 5.61. The van der Waals surface area contributed by atoms with Crippen LogP contribution in [-0.4, -0.2) is 25.7 Å². The standard InChI is InChI=1S/C23H17N5O2S/c29-22(25-19-11-13-28(27-19)15-17-9-4-5-12-24-17)21-20(16-7-2-1-3-8-16)26-23(31-21)18-10-6-14-30-18/h1-14H,15H2,(H,25,27,29). The van der Waals surface area contributed by atoms with Crippen molar-refractivity contribution in [2.24, 2.45) is 0 Å². The summed E-state index contributed by atoms with van der Waals surface area (Å²) < 4.78 is 7.21. The molecule has 0 saturated carbocycles. The van der Waals surface area contributed by atoms with Crippen molar-refractivity contribution in [1.82, 2.24) is 19.7 Å². The average Bonchev–Trinajstić information content (AvgIpc) is 3.56. The van der Waals surface area contributed by atoms with E-state index < -0.39 is 0 Å². The average molecular weight is 427 g/mol. The molecule has 1 N–H and O–H groups in total. The number of nitrogens with one attached hydrogen (secondary N) is 1. The van der Waals surface area contributed by atoms with Crippen LogP contribution in [0.2, 0.25) is 0 Å². The number of pyridine rings is 1. The second-order valence-electron chi connectivity index (χ2n) is 6.71. The molecule has 31 heavy (non-hydrogen) atoms. The summed E-state index contributed by atoms with van der Waals surface area (Å²) in [6.07, 6.45) is 5.14. The van der Waals surface area contributed by atoms with Crippen molar-refractivity contribution in [3.8, 4) is 22.0 Å². The van der Waals surface area contributed by atoms with Crippen molar-refractivity contribution in [2.75, 3.05) is 5.32 Å². The molecule has 1 aromatic carbocycles. The zero-order valence-electron chi connectivity index (χ0n) is 16.3. The van der Waals surface area contributed by atoms with Crippen LogP contribution in [0.25, 0.3) is 22.0 Å². The molecular weight excluding hydrogens is 410 g/mol. The van der Waals surface area contributed by atoms with Gasteiger partial charge in [-0.1, -0.05) is 36.4 Å². The molecule has 0 atom stereocenters. The number of benzene rings is 1. The lowest BCUT2D eigenvalue weighted by Gasteiger charge is -2.03. The minimum atomic E-state index is -0.266. The second kappa shape index (κ2) is 8.37. The molecule has 4 heterocycles.